The first-order valence-electron chi connectivity index (χ1n) is 9.13. The summed E-state index contributed by atoms with van der Waals surface area (Å²) in [6, 6.07) is 0.673. The molecule has 2 aliphatic rings. The minimum Gasteiger partial charge on any atom is -0.378 e. The summed E-state index contributed by atoms with van der Waals surface area (Å²) in [4.78, 5) is 2.76. The van der Waals surface area contributed by atoms with Crippen LogP contribution in [0.3, 0.4) is 0 Å². The van der Waals surface area contributed by atoms with E-state index >= 15 is 0 Å². The first-order chi connectivity index (χ1) is 10.0. The van der Waals surface area contributed by atoms with Gasteiger partial charge < -0.3 is 10.1 Å². The Hall–Kier alpha value is -0.120. The maximum absolute atomic E-state index is 5.76. The molecule has 2 saturated heterocycles. The van der Waals surface area contributed by atoms with E-state index in [-0.39, 0.29) is 0 Å². The lowest BCUT2D eigenvalue weighted by molar-refractivity contribution is 0.0365. The van der Waals surface area contributed by atoms with Crippen LogP contribution in [0.15, 0.2) is 0 Å². The Morgan fingerprint density at radius 3 is 2.81 bits per heavy atom. The van der Waals surface area contributed by atoms with Gasteiger partial charge in [-0.2, -0.15) is 0 Å². The lowest BCUT2D eigenvalue weighted by Crippen LogP contribution is -2.63. The quantitative estimate of drug-likeness (QED) is 0.779. The van der Waals surface area contributed by atoms with Crippen molar-refractivity contribution >= 4 is 0 Å². The summed E-state index contributed by atoms with van der Waals surface area (Å²) in [7, 11) is 0. The van der Waals surface area contributed by atoms with Crippen molar-refractivity contribution in [3.8, 4) is 0 Å². The molecule has 0 spiro atoms. The highest BCUT2D eigenvalue weighted by molar-refractivity contribution is 4.95. The van der Waals surface area contributed by atoms with Crippen LogP contribution in [-0.2, 0) is 4.74 Å². The molecule has 0 aromatic heterocycles. The minimum atomic E-state index is 0.337. The fourth-order valence-corrected chi connectivity index (χ4v) is 3.85. The maximum Gasteiger partial charge on any atom is 0.0576 e. The molecule has 0 amide bonds. The highest BCUT2D eigenvalue weighted by atomic mass is 16.5. The van der Waals surface area contributed by atoms with Gasteiger partial charge in [-0.3, -0.25) is 4.90 Å². The van der Waals surface area contributed by atoms with Crippen LogP contribution < -0.4 is 5.32 Å². The summed E-state index contributed by atoms with van der Waals surface area (Å²) in [6.45, 7) is 14.0. The van der Waals surface area contributed by atoms with Crippen LogP contribution in [-0.4, -0.2) is 48.8 Å². The summed E-state index contributed by atoms with van der Waals surface area (Å²) in [6.07, 6.45) is 8.15. The monoisotopic (exact) mass is 296 g/mol. The molecule has 0 saturated carbocycles. The molecule has 0 radical (unpaired) electrons. The van der Waals surface area contributed by atoms with Crippen molar-refractivity contribution in [3.05, 3.63) is 0 Å². The third-order valence-corrected chi connectivity index (χ3v) is 5.47. The normalized spacial score (nSPS) is 34.7. The zero-order valence-electron chi connectivity index (χ0n) is 14.7. The summed E-state index contributed by atoms with van der Waals surface area (Å²) < 4.78 is 5.76. The Bertz CT molecular complexity index is 302. The number of rotatable bonds is 7. The number of nitrogens with zero attached hydrogens (tertiary/aromatic N) is 1. The Balaban J connectivity index is 1.81. The van der Waals surface area contributed by atoms with E-state index in [9.17, 15) is 0 Å². The summed E-state index contributed by atoms with van der Waals surface area (Å²) in [5.74, 6) is 0.780. The Kier molecular flexibility index (Phi) is 6.51. The zero-order chi connectivity index (χ0) is 15.3. The van der Waals surface area contributed by atoms with Crippen LogP contribution in [0.5, 0.6) is 0 Å². The van der Waals surface area contributed by atoms with Crippen molar-refractivity contribution < 1.29 is 4.74 Å². The van der Waals surface area contributed by atoms with Crippen molar-refractivity contribution in [2.75, 3.05) is 26.2 Å². The zero-order valence-corrected chi connectivity index (χ0v) is 14.7. The van der Waals surface area contributed by atoms with Gasteiger partial charge >= 0.3 is 0 Å². The number of ether oxygens (including phenoxy) is 1. The number of piperazine rings is 1. The van der Waals surface area contributed by atoms with Gasteiger partial charge in [0.15, 0.2) is 0 Å². The molecule has 2 heterocycles. The second-order valence-electron chi connectivity index (χ2n) is 7.78. The average molecular weight is 296 g/mol. The number of hydrogen-bond acceptors (Lipinski definition) is 3. The van der Waals surface area contributed by atoms with E-state index in [1.807, 2.05) is 0 Å². The SMILES string of the molecule is CCC1(C)CNC(CC(C)C)CN1CCCC1CCCO1. The molecule has 2 rings (SSSR count). The highest BCUT2D eigenvalue weighted by Gasteiger charge is 2.36. The Morgan fingerprint density at radius 2 is 2.19 bits per heavy atom. The molecule has 0 bridgehead atoms. The van der Waals surface area contributed by atoms with E-state index in [2.05, 4.69) is 37.9 Å². The summed E-state index contributed by atoms with van der Waals surface area (Å²) in [5.41, 5.74) is 0.337. The van der Waals surface area contributed by atoms with E-state index in [1.165, 1.54) is 51.6 Å². The Labute approximate surface area is 131 Å². The molecule has 124 valence electrons. The predicted molar refractivity (Wildman–Crippen MR) is 89.7 cm³/mol. The number of hydrogen-bond donors (Lipinski definition) is 1. The average Bonchev–Trinajstić information content (AvgIpc) is 2.95. The Morgan fingerprint density at radius 1 is 1.38 bits per heavy atom. The summed E-state index contributed by atoms with van der Waals surface area (Å²) >= 11 is 0. The van der Waals surface area contributed by atoms with Crippen molar-refractivity contribution in [1.82, 2.24) is 10.2 Å². The van der Waals surface area contributed by atoms with E-state index in [1.54, 1.807) is 0 Å². The van der Waals surface area contributed by atoms with Gasteiger partial charge in [-0.15, -0.1) is 0 Å². The molecule has 1 N–H and O–H groups in total. The van der Waals surface area contributed by atoms with Crippen molar-refractivity contribution in [3.63, 3.8) is 0 Å². The fourth-order valence-electron chi connectivity index (χ4n) is 3.85. The van der Waals surface area contributed by atoms with Crippen LogP contribution >= 0.6 is 0 Å². The molecular formula is C18H36N2O. The van der Waals surface area contributed by atoms with Crippen molar-refractivity contribution in [2.45, 2.75) is 83.9 Å². The van der Waals surface area contributed by atoms with Crippen LogP contribution in [0, 0.1) is 5.92 Å². The molecule has 3 nitrogen and oxygen atoms in total. The van der Waals surface area contributed by atoms with Gasteiger partial charge in [-0.05, 0) is 57.9 Å². The van der Waals surface area contributed by atoms with Gasteiger partial charge in [0, 0.05) is 31.3 Å². The van der Waals surface area contributed by atoms with E-state index in [0.29, 0.717) is 17.7 Å². The van der Waals surface area contributed by atoms with Crippen LogP contribution in [0.1, 0.15) is 66.2 Å². The standard InChI is InChI=1S/C18H36N2O/c1-5-18(4)14-19-16(12-15(2)3)13-20(18)10-6-8-17-9-7-11-21-17/h15-17,19H,5-14H2,1-4H3. The molecule has 3 atom stereocenters. The third kappa shape index (κ3) is 4.94. The molecule has 21 heavy (non-hydrogen) atoms. The summed E-state index contributed by atoms with van der Waals surface area (Å²) in [5, 5.41) is 3.79. The van der Waals surface area contributed by atoms with Crippen LogP contribution in [0.25, 0.3) is 0 Å². The largest absolute Gasteiger partial charge is 0.378 e. The van der Waals surface area contributed by atoms with Crippen LogP contribution in [0.2, 0.25) is 0 Å². The van der Waals surface area contributed by atoms with Crippen molar-refractivity contribution in [2.24, 2.45) is 5.92 Å². The molecular weight excluding hydrogens is 260 g/mol. The fraction of sp³-hybridized carbons (Fsp3) is 1.00. The molecule has 3 unspecified atom stereocenters. The molecule has 0 aromatic carbocycles. The van der Waals surface area contributed by atoms with Gasteiger partial charge in [0.25, 0.3) is 0 Å². The van der Waals surface area contributed by atoms with Gasteiger partial charge in [-0.1, -0.05) is 20.8 Å². The minimum absolute atomic E-state index is 0.337. The second kappa shape index (κ2) is 7.94. The lowest BCUT2D eigenvalue weighted by atomic mass is 9.89. The van der Waals surface area contributed by atoms with Gasteiger partial charge in [0.05, 0.1) is 6.10 Å². The predicted octanol–water partition coefficient (Wildman–Crippen LogP) is 3.43. The first-order valence-corrected chi connectivity index (χ1v) is 9.13. The molecule has 0 aliphatic carbocycles. The van der Waals surface area contributed by atoms with E-state index in [4.69, 9.17) is 4.74 Å². The van der Waals surface area contributed by atoms with Gasteiger partial charge in [0.1, 0.15) is 0 Å². The maximum atomic E-state index is 5.76. The molecule has 0 aromatic rings. The molecule has 3 heteroatoms. The van der Waals surface area contributed by atoms with E-state index < -0.39 is 0 Å². The van der Waals surface area contributed by atoms with Gasteiger partial charge in [0.2, 0.25) is 0 Å². The lowest BCUT2D eigenvalue weighted by Gasteiger charge is -2.48. The van der Waals surface area contributed by atoms with Gasteiger partial charge in [-0.25, -0.2) is 0 Å². The number of nitrogens with one attached hydrogen (secondary N) is 1. The van der Waals surface area contributed by atoms with E-state index in [0.717, 1.165) is 19.1 Å². The molecule has 2 aliphatic heterocycles. The first kappa shape index (κ1) is 17.2. The second-order valence-corrected chi connectivity index (χ2v) is 7.78. The third-order valence-electron chi connectivity index (χ3n) is 5.47. The molecule has 2 fully saturated rings. The smallest absolute Gasteiger partial charge is 0.0576 e. The van der Waals surface area contributed by atoms with Crippen LogP contribution in [0.4, 0.5) is 0 Å². The highest BCUT2D eigenvalue weighted by Crippen LogP contribution is 2.26. The van der Waals surface area contributed by atoms with Crippen molar-refractivity contribution in [1.29, 1.82) is 0 Å². The topological polar surface area (TPSA) is 24.5 Å².